The topological polar surface area (TPSA) is 129 Å². The van der Waals surface area contributed by atoms with Crippen LogP contribution in [0, 0.1) is 17.0 Å². The molecule has 0 bridgehead atoms. The van der Waals surface area contributed by atoms with Crippen molar-refractivity contribution >= 4 is 39.2 Å². The van der Waals surface area contributed by atoms with Crippen LogP contribution < -0.4 is 23.5 Å². The van der Waals surface area contributed by atoms with Gasteiger partial charge in [-0.15, -0.1) is 0 Å². The fourth-order valence-electron chi connectivity index (χ4n) is 4.18. The number of quaternary nitrogens is 1. The first-order valence-electron chi connectivity index (χ1n) is 10.9. The number of halogens is 1. The largest absolute Gasteiger partial charge is 1.00 e. The predicted octanol–water partition coefficient (Wildman–Crippen LogP) is -0.0693. The van der Waals surface area contributed by atoms with Crippen LogP contribution in [0.15, 0.2) is 42.7 Å². The van der Waals surface area contributed by atoms with Crippen molar-refractivity contribution in [1.29, 1.82) is 0 Å². The van der Waals surface area contributed by atoms with Gasteiger partial charge < -0.3 is 42.6 Å². The number of pyridine rings is 1. The van der Waals surface area contributed by atoms with Crippen LogP contribution in [0.1, 0.15) is 21.6 Å². The zero-order valence-electron chi connectivity index (χ0n) is 20.1. The van der Waals surface area contributed by atoms with Crippen LogP contribution in [-0.2, 0) is 13.6 Å². The Morgan fingerprint density at radius 3 is 2.51 bits per heavy atom. The molecule has 0 saturated heterocycles. The lowest BCUT2D eigenvalue weighted by molar-refractivity contribution is -0.902. The molecule has 10 nitrogen and oxygen atoms in total. The van der Waals surface area contributed by atoms with E-state index in [4.69, 9.17) is 10.7 Å². The van der Waals surface area contributed by atoms with Crippen molar-refractivity contribution in [3.63, 3.8) is 0 Å². The van der Waals surface area contributed by atoms with Crippen LogP contribution in [0.5, 0.6) is 0 Å². The Balaban J connectivity index is 0.00000342. The van der Waals surface area contributed by atoms with Gasteiger partial charge in [-0.3, -0.25) is 4.79 Å². The van der Waals surface area contributed by atoms with Crippen molar-refractivity contribution in [2.75, 3.05) is 32.9 Å². The van der Waals surface area contributed by atoms with E-state index in [1.165, 1.54) is 6.33 Å². The van der Waals surface area contributed by atoms with Gasteiger partial charge in [0.05, 0.1) is 49.5 Å². The molecule has 11 heteroatoms. The molecular formula is C24H28ClN7O3. The second-order valence-electron chi connectivity index (χ2n) is 9.15. The Kier molecular flexibility index (Phi) is 7.27. The molecule has 4 aromatic rings. The van der Waals surface area contributed by atoms with Crippen molar-refractivity contribution in [1.82, 2.24) is 19.9 Å². The van der Waals surface area contributed by atoms with E-state index in [2.05, 4.69) is 10.3 Å². The summed E-state index contributed by atoms with van der Waals surface area (Å²) in [5.74, 6) is -0.378. The van der Waals surface area contributed by atoms with Gasteiger partial charge in [-0.2, -0.15) is 0 Å². The van der Waals surface area contributed by atoms with Crippen LogP contribution in [0.25, 0.3) is 21.8 Å². The molecule has 0 fully saturated rings. The molecule has 4 rings (SSSR count). The number of nitro groups is 1. The van der Waals surface area contributed by atoms with Gasteiger partial charge in [-0.25, -0.2) is 4.98 Å². The second kappa shape index (κ2) is 9.85. The summed E-state index contributed by atoms with van der Waals surface area (Å²) in [7, 11) is 5.65. The van der Waals surface area contributed by atoms with Gasteiger partial charge in [0.25, 0.3) is 5.91 Å². The van der Waals surface area contributed by atoms with Gasteiger partial charge >= 0.3 is 5.82 Å². The molecule has 3 N–H and O–H groups in total. The third kappa shape index (κ3) is 5.03. The molecule has 35 heavy (non-hydrogen) atoms. The maximum atomic E-state index is 13.1. The number of carbonyl (C=O) groups is 1. The Morgan fingerprint density at radius 2 is 1.83 bits per heavy atom. The number of hydrogen-bond acceptors (Lipinski definition) is 6. The Bertz CT molecular complexity index is 1430. The van der Waals surface area contributed by atoms with Crippen molar-refractivity contribution in [3.05, 3.63) is 69.7 Å². The summed E-state index contributed by atoms with van der Waals surface area (Å²) in [6.07, 6.45) is 1.44. The minimum Gasteiger partial charge on any atom is -1.00 e. The number of nitrogen functional groups attached to an aromatic ring is 1. The molecule has 184 valence electrons. The number of amides is 1. The summed E-state index contributed by atoms with van der Waals surface area (Å²) in [5.41, 5.74) is 10.4. The number of nitrogens with two attached hydrogens (primary N) is 1. The molecular weight excluding hydrogens is 470 g/mol. The average Bonchev–Trinajstić information content (AvgIpc) is 3.14. The molecule has 0 aliphatic rings. The highest BCUT2D eigenvalue weighted by Crippen LogP contribution is 2.31. The number of fused-ring (bicyclic) bond motifs is 2. The molecule has 0 radical (unpaired) electrons. The van der Waals surface area contributed by atoms with E-state index < -0.39 is 4.92 Å². The maximum Gasteiger partial charge on any atom is 0.390 e. The first kappa shape index (κ1) is 25.9. The summed E-state index contributed by atoms with van der Waals surface area (Å²) in [6.45, 7) is 3.32. The SMILES string of the molecule is Cc1cccc2c(N)c3cccc(C(=O)NCC[N+](C)(C)Cc4c([N+](=O)[O-])ncn4C)c3nc12.[Cl-]. The molecule has 0 atom stereocenters. The summed E-state index contributed by atoms with van der Waals surface area (Å²) >= 11 is 0. The molecule has 1 amide bonds. The van der Waals surface area contributed by atoms with Crippen LogP contribution in [0.4, 0.5) is 11.5 Å². The molecule has 2 heterocycles. The highest BCUT2D eigenvalue weighted by molar-refractivity contribution is 6.13. The number of imidazole rings is 1. The molecule has 0 spiro atoms. The van der Waals surface area contributed by atoms with E-state index in [0.717, 1.165) is 21.9 Å². The van der Waals surface area contributed by atoms with Gasteiger partial charge in [0, 0.05) is 17.8 Å². The molecule has 2 aromatic heterocycles. The molecule has 0 unspecified atom stereocenters. The summed E-state index contributed by atoms with van der Waals surface area (Å²) in [6, 6.07) is 11.3. The van der Waals surface area contributed by atoms with E-state index in [-0.39, 0.29) is 24.1 Å². The highest BCUT2D eigenvalue weighted by atomic mass is 35.5. The van der Waals surface area contributed by atoms with Gasteiger partial charge in [-0.1, -0.05) is 30.3 Å². The van der Waals surface area contributed by atoms with E-state index >= 15 is 0 Å². The minimum atomic E-state index is -0.470. The lowest BCUT2D eigenvalue weighted by atomic mass is 10.0. The van der Waals surface area contributed by atoms with Crippen LogP contribution in [0.2, 0.25) is 0 Å². The maximum absolute atomic E-state index is 13.1. The van der Waals surface area contributed by atoms with Crippen molar-refractivity contribution in [2.45, 2.75) is 13.5 Å². The Morgan fingerprint density at radius 1 is 1.17 bits per heavy atom. The number of benzene rings is 2. The van der Waals surface area contributed by atoms with Gasteiger partial charge in [0.15, 0.2) is 5.69 Å². The average molecular weight is 498 g/mol. The number of nitrogens with zero attached hydrogens (tertiary/aromatic N) is 5. The smallest absolute Gasteiger partial charge is 0.390 e. The number of nitrogens with one attached hydrogen (secondary N) is 1. The quantitative estimate of drug-likeness (QED) is 0.159. The van der Waals surface area contributed by atoms with E-state index in [0.29, 0.717) is 46.6 Å². The first-order chi connectivity index (χ1) is 16.1. The Labute approximate surface area is 208 Å². The van der Waals surface area contributed by atoms with Crippen LogP contribution >= 0.6 is 0 Å². The third-order valence-electron chi connectivity index (χ3n) is 6.11. The summed E-state index contributed by atoms with van der Waals surface area (Å²) in [5, 5.41) is 15.8. The zero-order chi connectivity index (χ0) is 24.6. The van der Waals surface area contributed by atoms with E-state index in [1.807, 2.05) is 45.3 Å². The standard InChI is InChI=1S/C24H27N7O3.ClH/c1-15-7-5-8-16-20(25)17-9-6-10-18(22(17)28-21(15)16)24(32)26-11-12-31(3,4)13-19-23(30(33)34)27-14-29(19)2;/h5-10,14H,11-13H2,1-4H3,(H2-,25,26,28,32);1H. The Hall–Kier alpha value is -3.76. The van der Waals surface area contributed by atoms with Crippen molar-refractivity contribution < 1.29 is 26.6 Å². The number of carbonyl (C=O) groups excluding carboxylic acids is 1. The first-order valence-corrected chi connectivity index (χ1v) is 10.9. The molecule has 0 aliphatic heterocycles. The fraction of sp³-hybridized carbons (Fsp3) is 0.292. The molecule has 0 saturated carbocycles. The van der Waals surface area contributed by atoms with Gasteiger partial charge in [0.1, 0.15) is 6.54 Å². The van der Waals surface area contributed by atoms with Gasteiger partial charge in [0.2, 0.25) is 6.33 Å². The fourth-order valence-corrected chi connectivity index (χ4v) is 4.18. The number of aromatic nitrogens is 3. The summed E-state index contributed by atoms with van der Waals surface area (Å²) < 4.78 is 2.10. The number of hydrogen-bond donors (Lipinski definition) is 2. The van der Waals surface area contributed by atoms with E-state index in [1.54, 1.807) is 23.7 Å². The number of rotatable bonds is 7. The normalized spacial score (nSPS) is 11.4. The number of aryl methyl sites for hydroxylation is 2. The van der Waals surface area contributed by atoms with Crippen LogP contribution in [0.3, 0.4) is 0 Å². The number of para-hydroxylation sites is 2. The van der Waals surface area contributed by atoms with Crippen molar-refractivity contribution in [3.8, 4) is 0 Å². The van der Waals surface area contributed by atoms with Crippen molar-refractivity contribution in [2.24, 2.45) is 7.05 Å². The minimum absolute atomic E-state index is 0. The lowest BCUT2D eigenvalue weighted by Crippen LogP contribution is -3.00. The lowest BCUT2D eigenvalue weighted by Gasteiger charge is -2.29. The molecule has 2 aromatic carbocycles. The van der Waals surface area contributed by atoms with Gasteiger partial charge in [-0.05, 0) is 28.5 Å². The monoisotopic (exact) mass is 497 g/mol. The van der Waals surface area contributed by atoms with E-state index in [9.17, 15) is 14.9 Å². The second-order valence-corrected chi connectivity index (χ2v) is 9.15. The third-order valence-corrected chi connectivity index (χ3v) is 6.11. The number of anilines is 1. The predicted molar refractivity (Wildman–Crippen MR) is 131 cm³/mol. The molecule has 0 aliphatic carbocycles. The van der Waals surface area contributed by atoms with Crippen LogP contribution in [-0.4, -0.2) is 57.0 Å². The zero-order valence-corrected chi connectivity index (χ0v) is 20.8. The number of likely N-dealkylation sites (N-methyl/N-ethyl adjacent to an activating group) is 1. The highest BCUT2D eigenvalue weighted by Gasteiger charge is 2.27. The summed E-state index contributed by atoms with van der Waals surface area (Å²) in [4.78, 5) is 32.5.